The van der Waals surface area contributed by atoms with Crippen molar-refractivity contribution >= 4 is 27.6 Å². The number of phenolic OH excluding ortho intramolecular Hbond substituents is 1. The molecule has 3 rings (SSSR count). The highest BCUT2D eigenvalue weighted by Gasteiger charge is 2.17. The first-order valence-corrected chi connectivity index (χ1v) is 11.3. The van der Waals surface area contributed by atoms with Crippen LogP contribution < -0.4 is 10.6 Å². The number of phenols is 1. The van der Waals surface area contributed by atoms with E-state index in [0.717, 1.165) is 29.7 Å². The number of hydrogen-bond donors (Lipinski definition) is 3. The molecule has 0 aromatic heterocycles. The fourth-order valence-electron chi connectivity index (χ4n) is 3.67. The zero-order valence-corrected chi connectivity index (χ0v) is 19.0. The second-order valence-electron chi connectivity index (χ2n) is 7.74. The van der Waals surface area contributed by atoms with E-state index in [9.17, 15) is 9.50 Å². The van der Waals surface area contributed by atoms with Crippen LogP contribution in [0.1, 0.15) is 38.2 Å². The van der Waals surface area contributed by atoms with Crippen LogP contribution in [0.25, 0.3) is 0 Å². The predicted octanol–water partition coefficient (Wildman–Crippen LogP) is 5.12. The first-order valence-electron chi connectivity index (χ1n) is 10.5. The SMILES string of the molecule is CC1CCCCN1CCCNC(=NCc1cc(Br)ccc1F)Nc1cccc(O)c1. The summed E-state index contributed by atoms with van der Waals surface area (Å²) < 4.78 is 14.9. The van der Waals surface area contributed by atoms with Gasteiger partial charge in [0.05, 0.1) is 6.54 Å². The Labute approximate surface area is 186 Å². The molecule has 0 aliphatic carbocycles. The molecule has 1 fully saturated rings. The lowest BCUT2D eigenvalue weighted by Gasteiger charge is -2.33. The molecule has 0 spiro atoms. The number of benzene rings is 2. The summed E-state index contributed by atoms with van der Waals surface area (Å²) in [5, 5.41) is 16.3. The highest BCUT2D eigenvalue weighted by atomic mass is 79.9. The summed E-state index contributed by atoms with van der Waals surface area (Å²) in [6, 6.07) is 12.4. The Hall–Kier alpha value is -2.12. The largest absolute Gasteiger partial charge is 0.508 e. The van der Waals surface area contributed by atoms with E-state index in [2.05, 4.69) is 43.4 Å². The Balaban J connectivity index is 1.61. The average molecular weight is 477 g/mol. The summed E-state index contributed by atoms with van der Waals surface area (Å²) in [6.07, 6.45) is 4.88. The van der Waals surface area contributed by atoms with Crippen LogP contribution >= 0.6 is 15.9 Å². The number of aromatic hydroxyl groups is 1. The van der Waals surface area contributed by atoms with Gasteiger partial charge >= 0.3 is 0 Å². The molecule has 0 saturated carbocycles. The smallest absolute Gasteiger partial charge is 0.196 e. The Bertz CT molecular complexity index is 861. The van der Waals surface area contributed by atoms with Crippen molar-refractivity contribution in [2.24, 2.45) is 4.99 Å². The highest BCUT2D eigenvalue weighted by molar-refractivity contribution is 9.10. The minimum absolute atomic E-state index is 0.177. The summed E-state index contributed by atoms with van der Waals surface area (Å²) >= 11 is 3.38. The molecule has 30 heavy (non-hydrogen) atoms. The lowest BCUT2D eigenvalue weighted by Crippen LogP contribution is -2.39. The lowest BCUT2D eigenvalue weighted by atomic mass is 10.0. The van der Waals surface area contributed by atoms with E-state index in [4.69, 9.17) is 0 Å². The summed E-state index contributed by atoms with van der Waals surface area (Å²) in [7, 11) is 0. The number of likely N-dealkylation sites (tertiary alicyclic amines) is 1. The van der Waals surface area contributed by atoms with Gasteiger partial charge in [-0.25, -0.2) is 9.38 Å². The standard InChI is InChI=1S/C23H30BrFN4O/c1-17-6-2-3-12-29(17)13-5-11-26-23(28-20-7-4-8-21(30)15-20)27-16-18-14-19(24)9-10-22(18)25/h4,7-10,14-15,17,30H,2-3,5-6,11-13,16H2,1H3,(H2,26,27,28). The Kier molecular flexibility index (Phi) is 8.51. The van der Waals surface area contributed by atoms with Gasteiger partial charge in [-0.2, -0.15) is 0 Å². The quantitative estimate of drug-likeness (QED) is 0.295. The average Bonchev–Trinajstić information content (AvgIpc) is 2.72. The molecule has 1 atom stereocenters. The van der Waals surface area contributed by atoms with Gasteiger partial charge in [-0.05, 0) is 63.1 Å². The number of aliphatic imine (C=N–C) groups is 1. The number of nitrogens with zero attached hydrogens (tertiary/aromatic N) is 2. The van der Waals surface area contributed by atoms with Crippen LogP contribution in [-0.4, -0.2) is 41.6 Å². The van der Waals surface area contributed by atoms with Gasteiger partial charge in [0, 0.05) is 40.9 Å². The zero-order valence-electron chi connectivity index (χ0n) is 17.4. The van der Waals surface area contributed by atoms with Crippen molar-refractivity contribution in [3.05, 3.63) is 58.3 Å². The maximum atomic E-state index is 14.1. The third kappa shape index (κ3) is 6.99. The Morgan fingerprint density at radius 1 is 1.27 bits per heavy atom. The van der Waals surface area contributed by atoms with E-state index in [1.807, 2.05) is 6.07 Å². The van der Waals surface area contributed by atoms with Gasteiger partial charge in [-0.15, -0.1) is 0 Å². The highest BCUT2D eigenvalue weighted by Crippen LogP contribution is 2.18. The molecule has 1 unspecified atom stereocenters. The number of rotatable bonds is 7. The number of piperidine rings is 1. The van der Waals surface area contributed by atoms with E-state index in [1.165, 1.54) is 31.9 Å². The topological polar surface area (TPSA) is 59.9 Å². The van der Waals surface area contributed by atoms with Gasteiger partial charge in [0.15, 0.2) is 5.96 Å². The summed E-state index contributed by atoms with van der Waals surface area (Å²) in [6.45, 7) is 5.49. The van der Waals surface area contributed by atoms with Crippen molar-refractivity contribution in [2.75, 3.05) is 25.0 Å². The molecule has 1 heterocycles. The van der Waals surface area contributed by atoms with Gasteiger partial charge in [0.1, 0.15) is 11.6 Å². The van der Waals surface area contributed by atoms with Crippen molar-refractivity contribution in [1.82, 2.24) is 10.2 Å². The first-order chi connectivity index (χ1) is 14.5. The molecule has 0 amide bonds. The fraction of sp³-hybridized carbons (Fsp3) is 0.435. The van der Waals surface area contributed by atoms with E-state index in [1.54, 1.807) is 30.3 Å². The molecule has 162 valence electrons. The van der Waals surface area contributed by atoms with Crippen molar-refractivity contribution < 1.29 is 9.50 Å². The minimum atomic E-state index is -0.280. The van der Waals surface area contributed by atoms with Crippen molar-refractivity contribution in [3.63, 3.8) is 0 Å². The third-order valence-corrected chi connectivity index (χ3v) is 5.87. The maximum absolute atomic E-state index is 14.1. The molecule has 7 heteroatoms. The molecule has 3 N–H and O–H groups in total. The maximum Gasteiger partial charge on any atom is 0.196 e. The molecule has 2 aromatic carbocycles. The molecule has 0 bridgehead atoms. The normalized spacial score (nSPS) is 17.7. The van der Waals surface area contributed by atoms with Crippen molar-refractivity contribution in [2.45, 2.75) is 45.2 Å². The van der Waals surface area contributed by atoms with Crippen LogP contribution in [0.5, 0.6) is 5.75 Å². The summed E-state index contributed by atoms with van der Waals surface area (Å²) in [4.78, 5) is 7.10. The number of hydrogen-bond acceptors (Lipinski definition) is 3. The number of guanidine groups is 1. The summed E-state index contributed by atoms with van der Waals surface area (Å²) in [5.41, 5.74) is 1.24. The van der Waals surface area contributed by atoms with Gasteiger partial charge in [0.2, 0.25) is 0 Å². The van der Waals surface area contributed by atoms with Crippen LogP contribution in [0.15, 0.2) is 51.9 Å². The van der Waals surface area contributed by atoms with Gasteiger partial charge in [-0.3, -0.25) is 0 Å². The van der Waals surface area contributed by atoms with E-state index < -0.39 is 0 Å². The van der Waals surface area contributed by atoms with Gasteiger partial charge in [0.25, 0.3) is 0 Å². The second kappa shape index (κ2) is 11.3. The van der Waals surface area contributed by atoms with E-state index >= 15 is 0 Å². The Morgan fingerprint density at radius 3 is 2.93 bits per heavy atom. The van der Waals surface area contributed by atoms with Crippen LogP contribution in [0.4, 0.5) is 10.1 Å². The molecular weight excluding hydrogens is 447 g/mol. The molecular formula is C23H30BrFN4O. The minimum Gasteiger partial charge on any atom is -0.508 e. The van der Waals surface area contributed by atoms with Crippen LogP contribution in [0.2, 0.25) is 0 Å². The fourth-order valence-corrected chi connectivity index (χ4v) is 4.08. The molecule has 2 aromatic rings. The molecule has 5 nitrogen and oxygen atoms in total. The molecule has 1 aliphatic rings. The van der Waals surface area contributed by atoms with Crippen LogP contribution in [0.3, 0.4) is 0 Å². The second-order valence-corrected chi connectivity index (χ2v) is 8.65. The predicted molar refractivity (Wildman–Crippen MR) is 124 cm³/mol. The molecule has 1 aliphatic heterocycles. The molecule has 1 saturated heterocycles. The van der Waals surface area contributed by atoms with Gasteiger partial charge in [-0.1, -0.05) is 28.4 Å². The lowest BCUT2D eigenvalue weighted by molar-refractivity contribution is 0.159. The monoisotopic (exact) mass is 476 g/mol. The summed E-state index contributed by atoms with van der Waals surface area (Å²) in [5.74, 6) is 0.459. The van der Waals surface area contributed by atoms with Crippen LogP contribution in [0, 0.1) is 5.82 Å². The third-order valence-electron chi connectivity index (χ3n) is 5.38. The van der Waals surface area contributed by atoms with E-state index in [0.29, 0.717) is 17.6 Å². The van der Waals surface area contributed by atoms with Crippen molar-refractivity contribution in [3.8, 4) is 5.75 Å². The van der Waals surface area contributed by atoms with Gasteiger partial charge < -0.3 is 20.6 Å². The number of anilines is 1. The first kappa shape index (κ1) is 22.6. The number of halogens is 2. The van der Waals surface area contributed by atoms with E-state index in [-0.39, 0.29) is 18.1 Å². The Morgan fingerprint density at radius 2 is 2.13 bits per heavy atom. The van der Waals surface area contributed by atoms with Crippen molar-refractivity contribution in [1.29, 1.82) is 0 Å². The zero-order chi connectivity index (χ0) is 21.3. The molecule has 0 radical (unpaired) electrons. The number of nitrogens with one attached hydrogen (secondary N) is 2. The van der Waals surface area contributed by atoms with Crippen LogP contribution in [-0.2, 0) is 6.54 Å².